The van der Waals surface area contributed by atoms with Gasteiger partial charge in [-0.2, -0.15) is 0 Å². The summed E-state index contributed by atoms with van der Waals surface area (Å²) in [6, 6.07) is 6.30. The van der Waals surface area contributed by atoms with Gasteiger partial charge < -0.3 is 14.2 Å². The van der Waals surface area contributed by atoms with Crippen LogP contribution in [0.3, 0.4) is 0 Å². The van der Waals surface area contributed by atoms with E-state index < -0.39 is 12.1 Å². The van der Waals surface area contributed by atoms with Gasteiger partial charge in [-0.05, 0) is 37.1 Å². The van der Waals surface area contributed by atoms with Crippen LogP contribution in [-0.4, -0.2) is 38.6 Å². The van der Waals surface area contributed by atoms with Crippen molar-refractivity contribution < 1.29 is 38.6 Å². The molecule has 0 radical (unpaired) electrons. The molecule has 0 fully saturated rings. The highest BCUT2D eigenvalue weighted by Gasteiger charge is 2.12. The van der Waals surface area contributed by atoms with Crippen molar-refractivity contribution >= 4 is 12.1 Å². The molecule has 0 aliphatic rings. The van der Waals surface area contributed by atoms with Gasteiger partial charge in [-0.15, -0.1) is 0 Å². The van der Waals surface area contributed by atoms with Crippen molar-refractivity contribution in [3.05, 3.63) is 29.8 Å². The fourth-order valence-electron chi connectivity index (χ4n) is 1.70. The maximum absolute atomic E-state index is 11.7. The van der Waals surface area contributed by atoms with Crippen LogP contribution in [0.5, 0.6) is 5.75 Å². The zero-order valence-corrected chi connectivity index (χ0v) is 15.2. The lowest BCUT2D eigenvalue weighted by Gasteiger charge is -2.06. The number of ether oxygens (including phenoxy) is 3. The summed E-state index contributed by atoms with van der Waals surface area (Å²) in [7, 11) is 0. The molecule has 1 aromatic rings. The van der Waals surface area contributed by atoms with Gasteiger partial charge in [0, 0.05) is 6.61 Å². The van der Waals surface area contributed by atoms with E-state index in [1.807, 2.05) is 6.92 Å². The topological polar surface area (TPSA) is 89.5 Å². The molecule has 0 heterocycles. The van der Waals surface area contributed by atoms with E-state index in [-0.39, 0.29) is 18.8 Å². The van der Waals surface area contributed by atoms with Crippen molar-refractivity contribution in [1.29, 1.82) is 0 Å². The predicted octanol–water partition coefficient (Wildman–Crippen LogP) is 3.84. The maximum atomic E-state index is 11.7. The molecule has 8 heteroatoms. The van der Waals surface area contributed by atoms with Crippen LogP contribution in [0.2, 0.25) is 0 Å². The molecule has 0 aliphatic heterocycles. The van der Waals surface area contributed by atoms with Gasteiger partial charge in [0.2, 0.25) is 0 Å². The van der Waals surface area contributed by atoms with Gasteiger partial charge in [0.05, 0.1) is 23.8 Å². The van der Waals surface area contributed by atoms with Crippen LogP contribution in [0.25, 0.3) is 0 Å². The molecule has 0 aliphatic carbocycles. The molecule has 1 aromatic carbocycles. The molecule has 0 saturated carbocycles. The lowest BCUT2D eigenvalue weighted by molar-refractivity contribution is -0.452. The van der Waals surface area contributed by atoms with Crippen molar-refractivity contribution in [3.63, 3.8) is 0 Å². The quantitative estimate of drug-likeness (QED) is 0.224. The molecule has 1 rings (SSSR count). The number of rotatable bonds is 13. The second kappa shape index (κ2) is 13.9. The van der Waals surface area contributed by atoms with Crippen LogP contribution in [0.15, 0.2) is 24.3 Å². The molecular formula is C18H26O8. The summed E-state index contributed by atoms with van der Waals surface area (Å²) < 4.78 is 15.3. The Labute approximate surface area is 153 Å². The van der Waals surface area contributed by atoms with Crippen LogP contribution in [-0.2, 0) is 24.3 Å². The third kappa shape index (κ3) is 9.85. The molecule has 0 aromatic heterocycles. The minimum absolute atomic E-state index is 0.0132. The van der Waals surface area contributed by atoms with Crippen LogP contribution in [0, 0.1) is 0 Å². The van der Waals surface area contributed by atoms with E-state index in [2.05, 4.69) is 26.5 Å². The Morgan fingerprint density at radius 3 is 2.23 bits per heavy atom. The normalized spacial score (nSPS) is 10.2. The number of unbranched alkanes of at least 4 members (excludes halogenated alkanes) is 2. The van der Waals surface area contributed by atoms with Crippen molar-refractivity contribution in [2.45, 2.75) is 39.5 Å². The van der Waals surface area contributed by atoms with Crippen molar-refractivity contribution in [3.8, 4) is 5.75 Å². The van der Waals surface area contributed by atoms with Gasteiger partial charge in [0.25, 0.3) is 0 Å². The fourth-order valence-corrected chi connectivity index (χ4v) is 1.70. The SMILES string of the molecule is CCCCOCCOC(=O)OOOC(=O)c1ccc(OCCCC)cc1. The van der Waals surface area contributed by atoms with E-state index in [4.69, 9.17) is 9.47 Å². The van der Waals surface area contributed by atoms with Gasteiger partial charge in [-0.1, -0.05) is 26.7 Å². The molecule has 0 saturated heterocycles. The summed E-state index contributed by atoms with van der Waals surface area (Å²) in [6.07, 6.45) is 2.83. The van der Waals surface area contributed by atoms with E-state index in [1.165, 1.54) is 12.1 Å². The third-order valence-corrected chi connectivity index (χ3v) is 3.16. The van der Waals surface area contributed by atoms with Crippen molar-refractivity contribution in [2.75, 3.05) is 26.4 Å². The first-order valence-corrected chi connectivity index (χ1v) is 8.70. The first kappa shape index (κ1) is 21.7. The molecule has 146 valence electrons. The Morgan fingerprint density at radius 1 is 0.846 bits per heavy atom. The summed E-state index contributed by atoms with van der Waals surface area (Å²) >= 11 is 0. The van der Waals surface area contributed by atoms with Gasteiger partial charge >= 0.3 is 12.1 Å². The average molecular weight is 370 g/mol. The smallest absolute Gasteiger partial charge is 0.494 e. The monoisotopic (exact) mass is 370 g/mol. The number of hydrogen-bond acceptors (Lipinski definition) is 8. The van der Waals surface area contributed by atoms with Gasteiger partial charge in [0.15, 0.2) is 0 Å². The van der Waals surface area contributed by atoms with Crippen LogP contribution < -0.4 is 4.74 Å². The van der Waals surface area contributed by atoms with Crippen LogP contribution in [0.4, 0.5) is 4.79 Å². The van der Waals surface area contributed by atoms with Crippen LogP contribution in [0.1, 0.15) is 49.9 Å². The van der Waals surface area contributed by atoms with E-state index >= 15 is 0 Å². The van der Waals surface area contributed by atoms with Gasteiger partial charge in [0.1, 0.15) is 12.4 Å². The molecule has 8 nitrogen and oxygen atoms in total. The Balaban J connectivity index is 2.16. The number of benzene rings is 1. The van der Waals surface area contributed by atoms with E-state index in [9.17, 15) is 9.59 Å². The molecule has 26 heavy (non-hydrogen) atoms. The summed E-state index contributed by atoms with van der Waals surface area (Å²) in [4.78, 5) is 31.4. The Bertz CT molecular complexity index is 514. The second-order valence-corrected chi connectivity index (χ2v) is 5.31. The molecule has 0 N–H and O–H groups in total. The summed E-state index contributed by atoms with van der Waals surface area (Å²) in [6.45, 7) is 5.60. The Morgan fingerprint density at radius 2 is 1.54 bits per heavy atom. The fraction of sp³-hybridized carbons (Fsp3) is 0.556. The van der Waals surface area contributed by atoms with Crippen molar-refractivity contribution in [2.24, 2.45) is 0 Å². The maximum Gasteiger partial charge on any atom is 0.543 e. The average Bonchev–Trinajstić information content (AvgIpc) is 2.65. The largest absolute Gasteiger partial charge is 0.543 e. The summed E-state index contributed by atoms with van der Waals surface area (Å²) in [5.41, 5.74) is 0.217. The molecular weight excluding hydrogens is 344 g/mol. The minimum atomic E-state index is -1.13. The standard InChI is InChI=1S/C18H26O8/c1-3-5-11-21-13-14-23-18(20)25-26-24-17(19)15-7-9-16(10-8-15)22-12-6-4-2/h7-10H,3-6,11-14H2,1-2H3. The predicted molar refractivity (Wildman–Crippen MR) is 91.5 cm³/mol. The van der Waals surface area contributed by atoms with Crippen LogP contribution >= 0.6 is 0 Å². The summed E-state index contributed by atoms with van der Waals surface area (Å²) in [5.74, 6) is -0.169. The Hall–Kier alpha value is -2.32. The first-order chi connectivity index (χ1) is 12.7. The molecule has 0 amide bonds. The number of carbonyl (C=O) groups excluding carboxylic acids is 2. The van der Waals surface area contributed by atoms with Crippen molar-refractivity contribution in [1.82, 2.24) is 0 Å². The molecule has 0 spiro atoms. The highest BCUT2D eigenvalue weighted by Crippen LogP contribution is 2.13. The highest BCUT2D eigenvalue weighted by molar-refractivity contribution is 5.89. The second-order valence-electron chi connectivity index (χ2n) is 5.31. The third-order valence-electron chi connectivity index (χ3n) is 3.16. The lowest BCUT2D eigenvalue weighted by Crippen LogP contribution is -2.14. The molecule has 0 unspecified atom stereocenters. The minimum Gasteiger partial charge on any atom is -0.494 e. The molecule has 0 atom stereocenters. The highest BCUT2D eigenvalue weighted by atomic mass is 17.5. The van der Waals surface area contributed by atoms with E-state index in [1.54, 1.807) is 12.1 Å². The number of hydrogen-bond donors (Lipinski definition) is 0. The van der Waals surface area contributed by atoms with E-state index in [0.717, 1.165) is 25.7 Å². The van der Waals surface area contributed by atoms with E-state index in [0.29, 0.717) is 19.0 Å². The van der Waals surface area contributed by atoms with Gasteiger partial charge in [-0.25, -0.2) is 14.5 Å². The van der Waals surface area contributed by atoms with Gasteiger partial charge in [-0.3, -0.25) is 4.89 Å². The first-order valence-electron chi connectivity index (χ1n) is 8.70. The number of carbonyl (C=O) groups is 2. The zero-order valence-electron chi connectivity index (χ0n) is 15.2. The summed E-state index contributed by atoms with van der Waals surface area (Å²) in [5, 5.41) is 4.12. The molecule has 0 bridgehead atoms. The Kier molecular flexibility index (Phi) is 11.6. The lowest BCUT2D eigenvalue weighted by atomic mass is 10.2. The zero-order chi connectivity index (χ0) is 19.0.